The Labute approximate surface area is 572 Å². The van der Waals surface area contributed by atoms with Gasteiger partial charge in [0, 0.05) is 66.2 Å². The van der Waals surface area contributed by atoms with Crippen LogP contribution >= 0.6 is 11.6 Å². The third-order valence-corrected chi connectivity index (χ3v) is 23.7. The van der Waals surface area contributed by atoms with Gasteiger partial charge in [-0.2, -0.15) is 13.2 Å². The number of nitrogens with zero attached hydrogens (tertiary/aromatic N) is 7. The Balaban J connectivity index is 1.25. The van der Waals surface area contributed by atoms with E-state index in [0.29, 0.717) is 44.4 Å². The second-order valence-corrected chi connectivity index (χ2v) is 31.0. The van der Waals surface area contributed by atoms with Gasteiger partial charge in [-0.1, -0.05) is 92.4 Å². The van der Waals surface area contributed by atoms with Gasteiger partial charge in [-0.25, -0.2) is 0 Å². The van der Waals surface area contributed by atoms with Gasteiger partial charge in [-0.05, 0) is 146 Å². The summed E-state index contributed by atoms with van der Waals surface area (Å²) in [5.41, 5.74) is -1.46. The van der Waals surface area contributed by atoms with Gasteiger partial charge in [0.15, 0.2) is 0 Å². The lowest BCUT2D eigenvalue weighted by Gasteiger charge is -2.45. The molecule has 14 atom stereocenters. The van der Waals surface area contributed by atoms with E-state index >= 15 is 19.2 Å². The molecular formula is C70H113ClF3N11O11. The van der Waals surface area contributed by atoms with Crippen molar-refractivity contribution in [3.63, 3.8) is 0 Å². The summed E-state index contributed by atoms with van der Waals surface area (Å²) in [6.45, 7) is 14.6. The molecule has 7 fully saturated rings. The largest absolute Gasteiger partial charge is 0.393 e. The van der Waals surface area contributed by atoms with Crippen LogP contribution in [0.2, 0.25) is 0 Å². The molecule has 542 valence electrons. The average Bonchev–Trinajstić information content (AvgIpc) is 1.50. The van der Waals surface area contributed by atoms with Crippen LogP contribution in [0, 0.1) is 41.4 Å². The van der Waals surface area contributed by atoms with E-state index in [0.717, 1.165) is 38.5 Å². The first-order valence-electron chi connectivity index (χ1n) is 36.0. The minimum atomic E-state index is -4.50. The van der Waals surface area contributed by atoms with Crippen LogP contribution in [0.15, 0.2) is 0 Å². The van der Waals surface area contributed by atoms with Crippen molar-refractivity contribution in [3.8, 4) is 0 Å². The van der Waals surface area contributed by atoms with Crippen molar-refractivity contribution in [1.82, 2.24) is 55.6 Å². The van der Waals surface area contributed by atoms with Crippen LogP contribution in [0.4, 0.5) is 13.2 Å². The highest BCUT2D eigenvalue weighted by Gasteiger charge is 2.52. The maximum Gasteiger partial charge on any atom is 0.393 e. The van der Waals surface area contributed by atoms with Gasteiger partial charge in [-0.15, -0.1) is 11.6 Å². The highest BCUT2D eigenvalue weighted by atomic mass is 35.5. The number of hydrogen-bond donors (Lipinski definition) is 4. The Morgan fingerprint density at radius 3 is 1.76 bits per heavy atom. The number of carbonyl (C=O) groups excluding carboxylic acids is 11. The number of nitrogens with one attached hydrogen (secondary N) is 4. The molecule has 11 amide bonds. The number of fused-ring (bicyclic) bond motifs is 2. The van der Waals surface area contributed by atoms with Gasteiger partial charge >= 0.3 is 6.18 Å². The SMILES string of the molecule is CC[C@H](C)[C@@H]1NC(=O)[C@H](CC(C)C)N(C)C(=O)C[C@@H](C)NC(=O)[C@H](C2CCCC2)N(C)C(=O)C2(CCCC2)NC(=O)[C@@H]2CCCN2C(=O)[C@H](CCC2CCC(C(F)(F)F)C(Cl)C2)NC(=O)[C@@H](C)N(C)C(=O)[C@H](CC2CCC(C)CC2)N(C)C(=O)[C@@H]2CCN2C(=O)[C@H](C)N(C)C1=O. The zero-order valence-corrected chi connectivity index (χ0v) is 60.2. The molecule has 4 N–H and O–H groups in total. The number of rotatable bonds is 10. The van der Waals surface area contributed by atoms with Crippen molar-refractivity contribution in [3.05, 3.63) is 0 Å². The van der Waals surface area contributed by atoms with Crippen LogP contribution in [0.1, 0.15) is 209 Å². The van der Waals surface area contributed by atoms with E-state index in [9.17, 15) is 46.7 Å². The lowest BCUT2D eigenvalue weighted by Crippen LogP contribution is -2.65. The molecule has 22 nitrogen and oxygen atoms in total. The molecule has 4 saturated carbocycles. The molecule has 3 aliphatic heterocycles. The van der Waals surface area contributed by atoms with Gasteiger partial charge in [0.1, 0.15) is 59.9 Å². The van der Waals surface area contributed by atoms with Crippen molar-refractivity contribution in [2.75, 3.05) is 48.3 Å². The molecule has 3 unspecified atom stereocenters. The molecule has 1 spiro atoms. The van der Waals surface area contributed by atoms with Crippen LogP contribution in [-0.2, 0) is 52.7 Å². The van der Waals surface area contributed by atoms with Gasteiger partial charge in [0.25, 0.3) is 0 Å². The summed E-state index contributed by atoms with van der Waals surface area (Å²) in [5.74, 6) is -8.49. The first-order chi connectivity index (χ1) is 45.1. The molecule has 4 aliphatic carbocycles. The highest BCUT2D eigenvalue weighted by molar-refractivity contribution is 6.20. The lowest BCUT2D eigenvalue weighted by molar-refractivity contribution is -0.182. The van der Waals surface area contributed by atoms with Crippen LogP contribution in [0.25, 0.3) is 0 Å². The van der Waals surface area contributed by atoms with Crippen LogP contribution in [0.3, 0.4) is 0 Å². The Hall–Kier alpha value is -5.75. The van der Waals surface area contributed by atoms with E-state index in [-0.39, 0.29) is 114 Å². The number of alkyl halides is 4. The summed E-state index contributed by atoms with van der Waals surface area (Å²) < 4.78 is 42.0. The van der Waals surface area contributed by atoms with Crippen molar-refractivity contribution in [2.45, 2.75) is 287 Å². The zero-order chi connectivity index (χ0) is 71.0. The van der Waals surface area contributed by atoms with Crippen molar-refractivity contribution < 1.29 is 65.9 Å². The normalized spacial score (nSPS) is 33.8. The van der Waals surface area contributed by atoms with E-state index < -0.39 is 154 Å². The minimum absolute atomic E-state index is 0.0157. The quantitative estimate of drug-likeness (QED) is 0.163. The summed E-state index contributed by atoms with van der Waals surface area (Å²) in [5, 5.41) is 10.8. The fraction of sp³-hybridized carbons (Fsp3) is 0.843. The molecule has 96 heavy (non-hydrogen) atoms. The Kier molecular flexibility index (Phi) is 27.0. The van der Waals surface area contributed by atoms with E-state index in [1.54, 1.807) is 27.8 Å². The third-order valence-electron chi connectivity index (χ3n) is 23.2. The maximum absolute atomic E-state index is 15.3. The molecular weight excluding hydrogens is 1260 g/mol. The number of halogens is 4. The standard InChI is InChI=1S/C70H113ClF3N11O11/c1-14-42(5)57-67(95)80(10)45(8)63(91)85-35-31-53(85)65(93)82(12)55(39-47-25-23-41(4)24-26-47)66(94)79(9)44(7)59(87)76-51(30-28-46-27-29-49(50(71)38-46)70(72,73)74)64(92)84-34-19-22-52(84)61(89)78-69(32-17-18-33-69)68(96)83(13)58(48-20-15-16-21-48)62(90)75-43(6)37-56(86)81(11)54(36-40(2)3)60(88)77-57/h40-55,57-58H,14-39H2,1-13H3,(H,75,90)(H,76,87)(H,77,88)(H,78,89)/t41?,42-,43+,44+,45-,46?,47?,49?,50?,51-,52-,53-,54-,55-,57-,58-/m0/s1. The van der Waals surface area contributed by atoms with E-state index in [2.05, 4.69) is 28.2 Å². The molecule has 7 aliphatic rings. The number of carbonyl (C=O) groups is 11. The van der Waals surface area contributed by atoms with E-state index in [1.165, 1.54) is 69.4 Å². The summed E-state index contributed by atoms with van der Waals surface area (Å²) in [6.07, 6.45) is 5.14. The second kappa shape index (κ2) is 33.4. The smallest absolute Gasteiger partial charge is 0.351 e. The topological polar surface area (TPSA) is 259 Å². The average molecular weight is 1380 g/mol. The Morgan fingerprint density at radius 1 is 0.562 bits per heavy atom. The highest BCUT2D eigenvalue weighted by Crippen LogP contribution is 2.44. The summed E-state index contributed by atoms with van der Waals surface area (Å²) in [7, 11) is 7.49. The number of likely N-dealkylation sites (N-methyl/N-ethyl adjacent to an activating group) is 5. The predicted molar refractivity (Wildman–Crippen MR) is 357 cm³/mol. The molecule has 3 saturated heterocycles. The molecule has 0 aromatic heterocycles. The van der Waals surface area contributed by atoms with Crippen LogP contribution in [0.5, 0.6) is 0 Å². The van der Waals surface area contributed by atoms with Gasteiger partial charge < -0.3 is 55.6 Å². The summed E-state index contributed by atoms with van der Waals surface area (Å²) in [6, 6.07) is -10.9. The first kappa shape index (κ1) is 77.6. The fourth-order valence-corrected chi connectivity index (χ4v) is 16.7. The van der Waals surface area contributed by atoms with Crippen molar-refractivity contribution >= 4 is 76.6 Å². The zero-order valence-electron chi connectivity index (χ0n) is 59.4. The summed E-state index contributed by atoms with van der Waals surface area (Å²) in [4.78, 5) is 173. The maximum atomic E-state index is 15.3. The van der Waals surface area contributed by atoms with Crippen LogP contribution in [-0.4, -0.2) is 225 Å². The minimum Gasteiger partial charge on any atom is -0.351 e. The van der Waals surface area contributed by atoms with Gasteiger partial charge in [0.2, 0.25) is 65.0 Å². The van der Waals surface area contributed by atoms with E-state index in [1.807, 2.05) is 20.8 Å². The predicted octanol–water partition coefficient (Wildman–Crippen LogP) is 6.93. The molecule has 3 heterocycles. The van der Waals surface area contributed by atoms with Crippen LogP contribution < -0.4 is 21.3 Å². The lowest BCUT2D eigenvalue weighted by atomic mass is 9.78. The summed E-state index contributed by atoms with van der Waals surface area (Å²) >= 11 is 6.42. The number of hydrogen-bond acceptors (Lipinski definition) is 11. The molecule has 0 radical (unpaired) electrons. The Morgan fingerprint density at radius 2 is 1.18 bits per heavy atom. The van der Waals surface area contributed by atoms with E-state index in [4.69, 9.17) is 11.6 Å². The second-order valence-electron chi connectivity index (χ2n) is 30.4. The fourth-order valence-electron chi connectivity index (χ4n) is 16.2. The molecule has 26 heteroatoms. The third kappa shape index (κ3) is 18.2. The molecule has 7 rings (SSSR count). The Bertz CT molecular complexity index is 2800. The van der Waals surface area contributed by atoms with Crippen molar-refractivity contribution in [2.24, 2.45) is 41.4 Å². The van der Waals surface area contributed by atoms with Crippen molar-refractivity contribution in [1.29, 1.82) is 0 Å². The van der Waals surface area contributed by atoms with Gasteiger partial charge in [-0.3, -0.25) is 52.7 Å². The monoisotopic (exact) mass is 1380 g/mol. The molecule has 0 bridgehead atoms. The molecule has 0 aromatic carbocycles. The first-order valence-corrected chi connectivity index (χ1v) is 36.4. The molecule has 0 aromatic rings. The number of amides is 11. The van der Waals surface area contributed by atoms with Gasteiger partial charge in [0.05, 0.1) is 5.92 Å².